The Morgan fingerprint density at radius 3 is 2.59 bits per heavy atom. The van der Waals surface area contributed by atoms with Crippen LogP contribution in [0.1, 0.15) is 31.9 Å². The molecular formula is C20H30N4O4S. The van der Waals surface area contributed by atoms with Gasteiger partial charge in [-0.3, -0.25) is 4.99 Å². The lowest BCUT2D eigenvalue weighted by molar-refractivity contribution is 0.0137. The molecule has 0 bridgehead atoms. The lowest BCUT2D eigenvalue weighted by atomic mass is 10.1. The Morgan fingerprint density at radius 2 is 1.93 bits per heavy atom. The Bertz CT molecular complexity index is 892. The van der Waals surface area contributed by atoms with E-state index in [0.29, 0.717) is 32.7 Å². The fraction of sp³-hybridized carbons (Fsp3) is 0.600. The van der Waals surface area contributed by atoms with Gasteiger partial charge in [0.1, 0.15) is 5.60 Å². The molecule has 1 aromatic rings. The van der Waals surface area contributed by atoms with Crippen LogP contribution in [0.5, 0.6) is 0 Å². The van der Waals surface area contributed by atoms with Crippen LogP contribution in [0.2, 0.25) is 0 Å². The SMILES string of the molecule is CC(C)(C)OC(=O)N1CCN2C(NCc3ccccc3CS(C)(=O)=O)=NCC2C1. The van der Waals surface area contributed by atoms with E-state index in [1.165, 1.54) is 6.26 Å². The minimum Gasteiger partial charge on any atom is -0.444 e. The summed E-state index contributed by atoms with van der Waals surface area (Å²) in [6.07, 6.45) is 0.959. The van der Waals surface area contributed by atoms with Crippen molar-refractivity contribution in [2.24, 2.45) is 4.99 Å². The monoisotopic (exact) mass is 422 g/mol. The standard InChI is InChI=1S/C20H30N4O4S/c1-20(2,3)28-19(25)23-9-10-24-17(13-23)12-22-18(24)21-11-15-7-5-6-8-16(15)14-29(4,26)27/h5-8,17H,9-14H2,1-4H3,(H,21,22). The van der Waals surface area contributed by atoms with Crippen LogP contribution in [0.15, 0.2) is 29.3 Å². The molecule has 1 atom stereocenters. The van der Waals surface area contributed by atoms with Crippen molar-refractivity contribution in [3.05, 3.63) is 35.4 Å². The van der Waals surface area contributed by atoms with E-state index in [0.717, 1.165) is 17.1 Å². The average Bonchev–Trinajstić information content (AvgIpc) is 3.00. The van der Waals surface area contributed by atoms with Gasteiger partial charge in [-0.1, -0.05) is 24.3 Å². The van der Waals surface area contributed by atoms with Gasteiger partial charge in [0.15, 0.2) is 15.8 Å². The van der Waals surface area contributed by atoms with E-state index in [-0.39, 0.29) is 17.9 Å². The first-order valence-electron chi connectivity index (χ1n) is 9.79. The van der Waals surface area contributed by atoms with Gasteiger partial charge < -0.3 is 19.9 Å². The number of rotatable bonds is 4. The zero-order valence-corrected chi connectivity index (χ0v) is 18.3. The third kappa shape index (κ3) is 5.85. The van der Waals surface area contributed by atoms with Gasteiger partial charge in [0.2, 0.25) is 0 Å². The Labute approximate surface area is 172 Å². The molecule has 2 heterocycles. The van der Waals surface area contributed by atoms with Crippen LogP contribution in [0, 0.1) is 0 Å². The lowest BCUT2D eigenvalue weighted by Gasteiger charge is -2.39. The zero-order valence-electron chi connectivity index (χ0n) is 17.5. The quantitative estimate of drug-likeness (QED) is 0.793. The molecule has 2 aliphatic rings. The molecule has 2 aliphatic heterocycles. The minimum absolute atomic E-state index is 0.0223. The number of nitrogens with one attached hydrogen (secondary N) is 1. The molecule has 1 saturated heterocycles. The van der Waals surface area contributed by atoms with E-state index in [1.54, 1.807) is 4.90 Å². The Kier molecular flexibility index (Phi) is 6.07. The molecule has 1 aromatic carbocycles. The van der Waals surface area contributed by atoms with E-state index in [2.05, 4.69) is 15.2 Å². The van der Waals surface area contributed by atoms with E-state index in [1.807, 2.05) is 45.0 Å². The zero-order chi connectivity index (χ0) is 21.2. The second-order valence-corrected chi connectivity index (χ2v) is 10.8. The molecule has 160 valence electrons. The van der Waals surface area contributed by atoms with Crippen LogP contribution in [-0.2, 0) is 26.9 Å². The maximum Gasteiger partial charge on any atom is 0.410 e. The minimum atomic E-state index is -3.10. The number of benzene rings is 1. The molecule has 0 spiro atoms. The van der Waals surface area contributed by atoms with E-state index < -0.39 is 15.4 Å². The second-order valence-electron chi connectivity index (χ2n) is 8.63. The number of aliphatic imine (C=N–C) groups is 1. The molecular weight excluding hydrogens is 392 g/mol. The van der Waals surface area contributed by atoms with Crippen molar-refractivity contribution in [1.29, 1.82) is 0 Å². The highest BCUT2D eigenvalue weighted by atomic mass is 32.2. The average molecular weight is 423 g/mol. The fourth-order valence-electron chi connectivity index (χ4n) is 3.55. The molecule has 1 N–H and O–H groups in total. The van der Waals surface area contributed by atoms with Crippen LogP contribution >= 0.6 is 0 Å². The number of amides is 1. The van der Waals surface area contributed by atoms with Gasteiger partial charge in [-0.05, 0) is 31.9 Å². The van der Waals surface area contributed by atoms with Crippen molar-refractivity contribution in [2.45, 2.75) is 44.7 Å². The number of guanidine groups is 1. The molecule has 1 fully saturated rings. The second kappa shape index (κ2) is 8.22. The number of nitrogens with zero attached hydrogens (tertiary/aromatic N) is 3. The summed E-state index contributed by atoms with van der Waals surface area (Å²) >= 11 is 0. The number of fused-ring (bicyclic) bond motifs is 1. The number of hydrogen-bond donors (Lipinski definition) is 1. The molecule has 8 nitrogen and oxygen atoms in total. The first-order chi connectivity index (χ1) is 13.5. The smallest absolute Gasteiger partial charge is 0.410 e. The largest absolute Gasteiger partial charge is 0.444 e. The molecule has 1 unspecified atom stereocenters. The molecule has 0 aromatic heterocycles. The van der Waals surface area contributed by atoms with Crippen LogP contribution in [0.4, 0.5) is 4.79 Å². The molecule has 0 radical (unpaired) electrons. The van der Waals surface area contributed by atoms with Gasteiger partial charge in [0.05, 0.1) is 18.3 Å². The van der Waals surface area contributed by atoms with Gasteiger partial charge >= 0.3 is 6.09 Å². The number of hydrogen-bond acceptors (Lipinski definition) is 7. The lowest BCUT2D eigenvalue weighted by Crippen LogP contribution is -2.57. The molecule has 9 heteroatoms. The molecule has 3 rings (SSSR count). The number of sulfone groups is 1. The first kappa shape index (κ1) is 21.4. The third-order valence-corrected chi connectivity index (χ3v) is 5.67. The molecule has 0 aliphatic carbocycles. The summed E-state index contributed by atoms with van der Waals surface area (Å²) in [7, 11) is -3.10. The molecule has 1 amide bonds. The van der Waals surface area contributed by atoms with Crippen LogP contribution < -0.4 is 5.32 Å². The van der Waals surface area contributed by atoms with Crippen LogP contribution in [-0.4, -0.2) is 74.3 Å². The van der Waals surface area contributed by atoms with Gasteiger partial charge in [0, 0.05) is 32.4 Å². The summed E-state index contributed by atoms with van der Waals surface area (Å²) in [5, 5.41) is 3.35. The van der Waals surface area contributed by atoms with E-state index >= 15 is 0 Å². The van der Waals surface area contributed by atoms with Crippen molar-refractivity contribution in [1.82, 2.24) is 15.1 Å². The van der Waals surface area contributed by atoms with Crippen molar-refractivity contribution in [3.63, 3.8) is 0 Å². The number of carbonyl (C=O) groups excluding carboxylic acids is 1. The molecule has 0 saturated carbocycles. The van der Waals surface area contributed by atoms with Crippen molar-refractivity contribution >= 4 is 21.9 Å². The summed E-state index contributed by atoms with van der Waals surface area (Å²) in [5.74, 6) is 0.821. The fourth-order valence-corrected chi connectivity index (χ4v) is 4.40. The summed E-state index contributed by atoms with van der Waals surface area (Å²) in [5.41, 5.74) is 1.23. The Hall–Kier alpha value is -2.29. The number of piperazine rings is 1. The van der Waals surface area contributed by atoms with Crippen LogP contribution in [0.25, 0.3) is 0 Å². The van der Waals surface area contributed by atoms with Crippen molar-refractivity contribution < 1.29 is 17.9 Å². The number of carbonyl (C=O) groups is 1. The summed E-state index contributed by atoms with van der Waals surface area (Å²) in [6, 6.07) is 7.66. The number of ether oxygens (including phenoxy) is 1. The van der Waals surface area contributed by atoms with E-state index in [9.17, 15) is 13.2 Å². The highest BCUT2D eigenvalue weighted by Gasteiger charge is 2.36. The predicted molar refractivity (Wildman–Crippen MR) is 112 cm³/mol. The van der Waals surface area contributed by atoms with Gasteiger partial charge in [0.25, 0.3) is 0 Å². The van der Waals surface area contributed by atoms with Crippen molar-refractivity contribution in [3.8, 4) is 0 Å². The Morgan fingerprint density at radius 1 is 1.24 bits per heavy atom. The summed E-state index contributed by atoms with van der Waals surface area (Å²) in [4.78, 5) is 20.9. The summed E-state index contributed by atoms with van der Waals surface area (Å²) < 4.78 is 28.8. The Balaban J connectivity index is 1.58. The highest BCUT2D eigenvalue weighted by molar-refractivity contribution is 7.89. The third-order valence-electron chi connectivity index (χ3n) is 4.83. The highest BCUT2D eigenvalue weighted by Crippen LogP contribution is 2.19. The maximum atomic E-state index is 12.3. The maximum absolute atomic E-state index is 12.3. The van der Waals surface area contributed by atoms with Gasteiger partial charge in [-0.2, -0.15) is 0 Å². The van der Waals surface area contributed by atoms with E-state index in [4.69, 9.17) is 4.74 Å². The molecule has 29 heavy (non-hydrogen) atoms. The van der Waals surface area contributed by atoms with Gasteiger partial charge in [-0.15, -0.1) is 0 Å². The normalized spacial score (nSPS) is 19.6. The summed E-state index contributed by atoms with van der Waals surface area (Å²) in [6.45, 7) is 8.55. The topological polar surface area (TPSA) is 91.3 Å². The van der Waals surface area contributed by atoms with Crippen LogP contribution in [0.3, 0.4) is 0 Å². The van der Waals surface area contributed by atoms with Gasteiger partial charge in [-0.25, -0.2) is 13.2 Å². The predicted octanol–water partition coefficient (Wildman–Crippen LogP) is 1.61. The first-order valence-corrected chi connectivity index (χ1v) is 11.9. The van der Waals surface area contributed by atoms with Crippen molar-refractivity contribution in [2.75, 3.05) is 32.4 Å².